The number of nitrogens with one attached hydrogen (secondary N) is 1. The van der Waals surface area contributed by atoms with Crippen molar-refractivity contribution in [2.45, 2.75) is 24.7 Å². The third kappa shape index (κ3) is 5.84. The third-order valence-electron chi connectivity index (χ3n) is 6.05. The van der Waals surface area contributed by atoms with Crippen LogP contribution in [0.2, 0.25) is 5.02 Å². The predicted molar refractivity (Wildman–Crippen MR) is 135 cm³/mol. The normalized spacial score (nSPS) is 15.3. The summed E-state index contributed by atoms with van der Waals surface area (Å²) in [5.41, 5.74) is 0.722. The second-order valence-electron chi connectivity index (χ2n) is 8.48. The molecule has 1 fully saturated rings. The van der Waals surface area contributed by atoms with Gasteiger partial charge in [-0.3, -0.25) is 4.79 Å². The van der Waals surface area contributed by atoms with Gasteiger partial charge in [-0.15, -0.1) is 0 Å². The molecule has 1 amide bonds. The summed E-state index contributed by atoms with van der Waals surface area (Å²) in [6, 6.07) is 7.95. The fraction of sp³-hybridized carbons (Fsp3) is 0.280. The fourth-order valence-corrected chi connectivity index (χ4v) is 6.05. The van der Waals surface area contributed by atoms with Crippen molar-refractivity contribution in [2.75, 3.05) is 25.5 Å². The zero-order valence-corrected chi connectivity index (χ0v) is 21.6. The Hall–Kier alpha value is -3.28. The van der Waals surface area contributed by atoms with E-state index in [9.17, 15) is 22.0 Å². The summed E-state index contributed by atoms with van der Waals surface area (Å²) in [6.07, 6.45) is 3.19. The molecular formula is C25H24ClF2N3O5S. The molecule has 1 aromatic heterocycles. The zero-order valence-electron chi connectivity index (χ0n) is 20.0. The minimum absolute atomic E-state index is 0.0591. The van der Waals surface area contributed by atoms with E-state index in [0.29, 0.717) is 29.3 Å². The maximum Gasteiger partial charge on any atom is 0.248 e. The Bertz CT molecular complexity index is 1450. The van der Waals surface area contributed by atoms with Crippen molar-refractivity contribution in [3.63, 3.8) is 0 Å². The molecule has 12 heteroatoms. The van der Waals surface area contributed by atoms with Crippen LogP contribution >= 0.6 is 11.6 Å². The fourth-order valence-electron chi connectivity index (χ4n) is 4.08. The summed E-state index contributed by atoms with van der Waals surface area (Å²) in [4.78, 5) is 12.6. The van der Waals surface area contributed by atoms with Crippen LogP contribution in [-0.2, 0) is 14.8 Å². The summed E-state index contributed by atoms with van der Waals surface area (Å²) in [5.74, 6) is -1.73. The lowest BCUT2D eigenvalue weighted by Gasteiger charge is -2.30. The Morgan fingerprint density at radius 2 is 1.92 bits per heavy atom. The Kier molecular flexibility index (Phi) is 7.96. The van der Waals surface area contributed by atoms with Gasteiger partial charge in [0.15, 0.2) is 10.7 Å². The number of nitrogens with zero attached hydrogens (tertiary/aromatic N) is 2. The number of benzene rings is 2. The molecule has 0 unspecified atom stereocenters. The van der Waals surface area contributed by atoms with Crippen LogP contribution in [-0.4, -0.2) is 44.0 Å². The molecular weight excluding hydrogens is 528 g/mol. The van der Waals surface area contributed by atoms with Crippen LogP contribution < -0.4 is 10.1 Å². The first kappa shape index (κ1) is 26.8. The Morgan fingerprint density at radius 3 is 2.57 bits per heavy atom. The van der Waals surface area contributed by atoms with Gasteiger partial charge in [0.25, 0.3) is 0 Å². The molecule has 0 aliphatic carbocycles. The standard InChI is InChI=1S/C25H24ClF2N3O5S/c1-15-24(23(36-30-15)7-4-16-3-5-18(27)13-21(16)28)37(33,34)31-11-9-17(10-12-31)25(32)29-19-6-8-22(35-2)20(26)14-19/h3-8,13-14,17H,9-12H2,1-2H3,(H,29,32). The number of aromatic nitrogens is 1. The largest absolute Gasteiger partial charge is 0.495 e. The molecule has 1 N–H and O–H groups in total. The van der Waals surface area contributed by atoms with Gasteiger partial charge in [0.2, 0.25) is 15.9 Å². The summed E-state index contributed by atoms with van der Waals surface area (Å²) < 4.78 is 65.5. The number of sulfonamides is 1. The summed E-state index contributed by atoms with van der Waals surface area (Å²) in [7, 11) is -2.52. The van der Waals surface area contributed by atoms with Crippen molar-refractivity contribution >= 4 is 45.4 Å². The van der Waals surface area contributed by atoms with Crippen molar-refractivity contribution in [3.8, 4) is 5.75 Å². The maximum atomic E-state index is 14.0. The number of aryl methyl sites for hydroxylation is 1. The third-order valence-corrected chi connectivity index (χ3v) is 8.40. The van der Waals surface area contributed by atoms with Gasteiger partial charge in [0.1, 0.15) is 23.1 Å². The van der Waals surface area contributed by atoms with Crippen LogP contribution in [0, 0.1) is 24.5 Å². The van der Waals surface area contributed by atoms with E-state index >= 15 is 0 Å². The number of ether oxygens (including phenoxy) is 1. The molecule has 0 radical (unpaired) electrons. The summed E-state index contributed by atoms with van der Waals surface area (Å²) >= 11 is 6.11. The highest BCUT2D eigenvalue weighted by Gasteiger charge is 2.36. The average molecular weight is 552 g/mol. The van der Waals surface area contributed by atoms with Gasteiger partial charge < -0.3 is 14.6 Å². The van der Waals surface area contributed by atoms with Crippen molar-refractivity contribution in [1.82, 2.24) is 9.46 Å². The lowest BCUT2D eigenvalue weighted by Crippen LogP contribution is -2.41. The molecule has 4 rings (SSSR count). The Labute approximate surface area is 217 Å². The Morgan fingerprint density at radius 1 is 1.19 bits per heavy atom. The first-order valence-electron chi connectivity index (χ1n) is 11.3. The Balaban J connectivity index is 1.44. The van der Waals surface area contributed by atoms with Crippen molar-refractivity contribution in [1.29, 1.82) is 0 Å². The molecule has 1 saturated heterocycles. The van der Waals surface area contributed by atoms with Gasteiger partial charge in [-0.05, 0) is 62.2 Å². The summed E-state index contributed by atoms with van der Waals surface area (Å²) in [5, 5.41) is 6.93. The topological polar surface area (TPSA) is 102 Å². The lowest BCUT2D eigenvalue weighted by atomic mass is 9.97. The van der Waals surface area contributed by atoms with Gasteiger partial charge in [0, 0.05) is 36.3 Å². The van der Waals surface area contributed by atoms with Gasteiger partial charge >= 0.3 is 0 Å². The van der Waals surface area contributed by atoms with E-state index < -0.39 is 27.6 Å². The van der Waals surface area contributed by atoms with Crippen LogP contribution in [0.15, 0.2) is 45.8 Å². The van der Waals surface area contributed by atoms with Gasteiger partial charge in [-0.25, -0.2) is 17.2 Å². The van der Waals surface area contributed by atoms with E-state index in [1.165, 1.54) is 36.6 Å². The second-order valence-corrected chi connectivity index (χ2v) is 10.8. The molecule has 37 heavy (non-hydrogen) atoms. The number of anilines is 1. The van der Waals surface area contributed by atoms with E-state index in [-0.39, 0.29) is 40.9 Å². The first-order valence-corrected chi connectivity index (χ1v) is 13.2. The predicted octanol–water partition coefficient (Wildman–Crippen LogP) is 5.13. The highest BCUT2D eigenvalue weighted by molar-refractivity contribution is 7.89. The SMILES string of the molecule is COc1ccc(NC(=O)C2CCN(S(=O)(=O)c3c(C)noc3C=Cc3ccc(F)cc3F)CC2)cc1Cl. The molecule has 3 aromatic rings. The average Bonchev–Trinajstić information content (AvgIpc) is 3.24. The number of hydrogen-bond donors (Lipinski definition) is 1. The highest BCUT2D eigenvalue weighted by Crippen LogP contribution is 2.31. The number of hydrogen-bond acceptors (Lipinski definition) is 6. The zero-order chi connectivity index (χ0) is 26.7. The number of rotatable bonds is 7. The molecule has 8 nitrogen and oxygen atoms in total. The molecule has 0 saturated carbocycles. The smallest absolute Gasteiger partial charge is 0.248 e. The first-order chi connectivity index (χ1) is 17.6. The summed E-state index contributed by atoms with van der Waals surface area (Å²) in [6.45, 7) is 1.72. The molecule has 0 atom stereocenters. The number of amides is 1. The minimum atomic E-state index is -4.01. The van der Waals surface area contributed by atoms with Crippen LogP contribution in [0.1, 0.15) is 29.9 Å². The molecule has 2 heterocycles. The van der Waals surface area contributed by atoms with Crippen molar-refractivity contribution in [2.24, 2.45) is 5.92 Å². The quantitative estimate of drug-likeness (QED) is 0.437. The van der Waals surface area contributed by atoms with Crippen LogP contribution in [0.25, 0.3) is 12.2 Å². The van der Waals surface area contributed by atoms with Crippen molar-refractivity contribution < 1.29 is 31.3 Å². The van der Waals surface area contributed by atoms with Gasteiger partial charge in [-0.1, -0.05) is 16.8 Å². The van der Waals surface area contributed by atoms with E-state index in [1.807, 2.05) is 0 Å². The monoisotopic (exact) mass is 551 g/mol. The number of carbonyl (C=O) groups is 1. The van der Waals surface area contributed by atoms with Crippen LogP contribution in [0.4, 0.5) is 14.5 Å². The molecule has 0 spiro atoms. The highest BCUT2D eigenvalue weighted by atomic mass is 35.5. The molecule has 0 bridgehead atoms. The van der Waals surface area contributed by atoms with Gasteiger partial charge in [-0.2, -0.15) is 4.31 Å². The van der Waals surface area contributed by atoms with Gasteiger partial charge in [0.05, 0.1) is 12.1 Å². The number of carbonyl (C=O) groups excluding carboxylic acids is 1. The molecule has 1 aliphatic rings. The molecule has 1 aliphatic heterocycles. The second kappa shape index (κ2) is 11.0. The number of piperidine rings is 1. The molecule has 2 aromatic carbocycles. The van der Waals surface area contributed by atoms with E-state index in [1.54, 1.807) is 18.2 Å². The number of methoxy groups -OCH3 is 1. The molecule has 196 valence electrons. The van der Waals surface area contributed by atoms with E-state index in [2.05, 4.69) is 10.5 Å². The van der Waals surface area contributed by atoms with Crippen molar-refractivity contribution in [3.05, 3.63) is 70.1 Å². The minimum Gasteiger partial charge on any atom is -0.495 e. The van der Waals surface area contributed by atoms with Crippen LogP contribution in [0.3, 0.4) is 0 Å². The van der Waals surface area contributed by atoms with E-state index in [0.717, 1.165) is 12.1 Å². The van der Waals surface area contributed by atoms with E-state index in [4.69, 9.17) is 20.9 Å². The van der Waals surface area contributed by atoms with Crippen LogP contribution in [0.5, 0.6) is 5.75 Å². The number of halogens is 3. The maximum absolute atomic E-state index is 14.0. The lowest BCUT2D eigenvalue weighted by molar-refractivity contribution is -0.120.